The molecule has 4 heteroatoms. The molecule has 0 aliphatic heterocycles. The van der Waals surface area contributed by atoms with Gasteiger partial charge in [0.2, 0.25) is 0 Å². The summed E-state index contributed by atoms with van der Waals surface area (Å²) in [6.45, 7) is 0. The van der Waals surface area contributed by atoms with Crippen molar-refractivity contribution in [3.8, 4) is 0 Å². The highest BCUT2D eigenvalue weighted by Crippen LogP contribution is 2.22. The number of nitrogens with two attached hydrogens (primary N) is 1. The minimum Gasteiger partial charge on any atom is -0.271 e. The summed E-state index contributed by atoms with van der Waals surface area (Å²) in [5.41, 5.74) is 2.98. The van der Waals surface area contributed by atoms with Gasteiger partial charge in [-0.1, -0.05) is 24.5 Å². The highest BCUT2D eigenvalue weighted by atomic mass is 19.3. The van der Waals surface area contributed by atoms with Crippen LogP contribution in [0.25, 0.3) is 0 Å². The first-order valence-electron chi connectivity index (χ1n) is 5.19. The van der Waals surface area contributed by atoms with Crippen LogP contribution in [0.2, 0.25) is 0 Å². The van der Waals surface area contributed by atoms with Gasteiger partial charge in [0, 0.05) is 0 Å². The van der Waals surface area contributed by atoms with Crippen molar-refractivity contribution in [1.29, 1.82) is 0 Å². The normalized spacial score (nSPS) is 21.3. The van der Waals surface area contributed by atoms with Crippen molar-refractivity contribution in [3.63, 3.8) is 0 Å². The summed E-state index contributed by atoms with van der Waals surface area (Å²) in [4.78, 5) is 0. The molecule has 1 aliphatic carbocycles. The van der Waals surface area contributed by atoms with E-state index in [1.54, 1.807) is 0 Å². The molecule has 0 fully saturated rings. The summed E-state index contributed by atoms with van der Waals surface area (Å²) in [6.07, 6.45) is 5.61. The zero-order chi connectivity index (χ0) is 10.4. The van der Waals surface area contributed by atoms with Crippen LogP contribution in [0.5, 0.6) is 0 Å². The van der Waals surface area contributed by atoms with Gasteiger partial charge in [0.05, 0.1) is 0 Å². The summed E-state index contributed by atoms with van der Waals surface area (Å²) < 4.78 is 25.1. The number of allylic oxidation sites excluding steroid dienone is 1. The Morgan fingerprint density at radius 1 is 1.21 bits per heavy atom. The lowest BCUT2D eigenvalue weighted by atomic mass is 9.95. The van der Waals surface area contributed by atoms with Crippen LogP contribution in [-0.4, -0.2) is 12.5 Å². The van der Waals surface area contributed by atoms with E-state index in [1.165, 1.54) is 6.42 Å². The fourth-order valence-electron chi connectivity index (χ4n) is 1.84. The van der Waals surface area contributed by atoms with Gasteiger partial charge in [0.1, 0.15) is 6.04 Å². The van der Waals surface area contributed by atoms with Crippen molar-refractivity contribution in [2.24, 2.45) is 5.84 Å². The lowest BCUT2D eigenvalue weighted by Gasteiger charge is -2.20. The third-order valence-corrected chi connectivity index (χ3v) is 2.66. The molecule has 0 spiro atoms. The molecule has 0 aromatic rings. The molecule has 3 N–H and O–H groups in total. The van der Waals surface area contributed by atoms with Gasteiger partial charge in [-0.15, -0.1) is 0 Å². The summed E-state index contributed by atoms with van der Waals surface area (Å²) in [5.74, 6) is 5.12. The molecule has 14 heavy (non-hydrogen) atoms. The molecule has 2 nitrogen and oxygen atoms in total. The number of rotatable bonds is 3. The maximum absolute atomic E-state index is 12.5. The Labute approximate surface area is 83.5 Å². The second-order valence-electron chi connectivity index (χ2n) is 3.71. The number of hydrogen-bond donors (Lipinski definition) is 2. The summed E-state index contributed by atoms with van der Waals surface area (Å²) in [7, 11) is 0. The van der Waals surface area contributed by atoms with Gasteiger partial charge >= 0.3 is 0 Å². The fraction of sp³-hybridized carbons (Fsp3) is 0.800. The van der Waals surface area contributed by atoms with Crippen molar-refractivity contribution in [3.05, 3.63) is 11.6 Å². The van der Waals surface area contributed by atoms with Crippen LogP contribution in [0.1, 0.15) is 38.5 Å². The summed E-state index contributed by atoms with van der Waals surface area (Å²) in [6, 6.07) is -0.951. The minimum atomic E-state index is -2.41. The SMILES string of the molecule is NNC(C1=CCCCCCC1)C(F)F. The molecule has 1 unspecified atom stereocenters. The first-order chi connectivity index (χ1) is 6.75. The molecule has 0 aromatic heterocycles. The number of alkyl halides is 2. The molecule has 0 heterocycles. The Hall–Kier alpha value is -0.480. The maximum atomic E-state index is 12.5. The van der Waals surface area contributed by atoms with Crippen LogP contribution < -0.4 is 11.3 Å². The van der Waals surface area contributed by atoms with Crippen molar-refractivity contribution < 1.29 is 8.78 Å². The molecule has 0 bridgehead atoms. The second kappa shape index (κ2) is 6.09. The minimum absolute atomic E-state index is 0.749. The van der Waals surface area contributed by atoms with E-state index in [9.17, 15) is 8.78 Å². The topological polar surface area (TPSA) is 38.0 Å². The predicted molar refractivity (Wildman–Crippen MR) is 52.9 cm³/mol. The van der Waals surface area contributed by atoms with E-state index in [1.807, 2.05) is 6.08 Å². The molecule has 1 aliphatic rings. The van der Waals surface area contributed by atoms with Crippen LogP contribution >= 0.6 is 0 Å². The molecule has 0 radical (unpaired) electrons. The lowest BCUT2D eigenvalue weighted by Crippen LogP contribution is -2.42. The first kappa shape index (κ1) is 11.6. The Bertz CT molecular complexity index is 193. The van der Waals surface area contributed by atoms with Crippen LogP contribution in [0.3, 0.4) is 0 Å². The van der Waals surface area contributed by atoms with E-state index in [4.69, 9.17) is 5.84 Å². The third-order valence-electron chi connectivity index (χ3n) is 2.66. The van der Waals surface area contributed by atoms with Gasteiger partial charge in [-0.05, 0) is 25.7 Å². The number of halogens is 2. The average molecular weight is 204 g/mol. The Balaban J connectivity index is 2.60. The van der Waals surface area contributed by atoms with E-state index in [-0.39, 0.29) is 0 Å². The van der Waals surface area contributed by atoms with Gasteiger partial charge < -0.3 is 0 Å². The Morgan fingerprint density at radius 2 is 1.93 bits per heavy atom. The van der Waals surface area contributed by atoms with Crippen LogP contribution in [0.4, 0.5) is 8.78 Å². The standard InChI is InChI=1S/C10H18F2N2/c11-10(12)9(14-13)8-6-4-2-1-3-5-7-8/h6,9-10,14H,1-5,7,13H2. The molecule has 82 valence electrons. The zero-order valence-corrected chi connectivity index (χ0v) is 8.31. The average Bonchev–Trinajstić information content (AvgIpc) is 2.08. The Kier molecular flexibility index (Phi) is 5.04. The van der Waals surface area contributed by atoms with Gasteiger partial charge in [0.25, 0.3) is 6.43 Å². The smallest absolute Gasteiger partial charge is 0.258 e. The van der Waals surface area contributed by atoms with E-state index < -0.39 is 12.5 Å². The third kappa shape index (κ3) is 3.35. The highest BCUT2D eigenvalue weighted by Gasteiger charge is 2.22. The van der Waals surface area contributed by atoms with Gasteiger partial charge in [-0.25, -0.2) is 14.2 Å². The molecule has 1 atom stereocenters. The summed E-state index contributed by atoms with van der Waals surface area (Å²) in [5, 5.41) is 0. The van der Waals surface area contributed by atoms with Gasteiger partial charge in [-0.3, -0.25) is 5.84 Å². The van der Waals surface area contributed by atoms with E-state index >= 15 is 0 Å². The highest BCUT2D eigenvalue weighted by molar-refractivity contribution is 5.12. The molecule has 1 rings (SSSR count). The molecule has 0 amide bonds. The van der Waals surface area contributed by atoms with Crippen molar-refractivity contribution in [2.45, 2.75) is 51.0 Å². The van der Waals surface area contributed by atoms with Crippen molar-refractivity contribution in [2.75, 3.05) is 0 Å². The monoisotopic (exact) mass is 204 g/mol. The summed E-state index contributed by atoms with van der Waals surface area (Å²) >= 11 is 0. The Morgan fingerprint density at radius 3 is 2.57 bits per heavy atom. The number of hydrogen-bond acceptors (Lipinski definition) is 2. The molecular weight excluding hydrogens is 186 g/mol. The predicted octanol–water partition coefficient (Wildman–Crippen LogP) is 2.36. The zero-order valence-electron chi connectivity index (χ0n) is 8.31. The quantitative estimate of drug-likeness (QED) is 0.421. The van der Waals surface area contributed by atoms with E-state index in [0.29, 0.717) is 0 Å². The fourth-order valence-corrected chi connectivity index (χ4v) is 1.84. The first-order valence-corrected chi connectivity index (χ1v) is 5.19. The lowest BCUT2D eigenvalue weighted by molar-refractivity contribution is 0.111. The molecule has 0 saturated heterocycles. The molecule has 0 saturated carbocycles. The van der Waals surface area contributed by atoms with E-state index in [0.717, 1.165) is 37.7 Å². The van der Waals surface area contributed by atoms with Gasteiger partial charge in [0.15, 0.2) is 0 Å². The number of hydrazine groups is 1. The second-order valence-corrected chi connectivity index (χ2v) is 3.71. The van der Waals surface area contributed by atoms with Crippen LogP contribution in [-0.2, 0) is 0 Å². The number of nitrogens with one attached hydrogen (secondary N) is 1. The van der Waals surface area contributed by atoms with Gasteiger partial charge in [-0.2, -0.15) is 0 Å². The van der Waals surface area contributed by atoms with E-state index in [2.05, 4.69) is 5.43 Å². The maximum Gasteiger partial charge on any atom is 0.258 e. The molecular formula is C10H18F2N2. The van der Waals surface area contributed by atoms with Crippen molar-refractivity contribution >= 4 is 0 Å². The molecule has 0 aromatic carbocycles. The van der Waals surface area contributed by atoms with Crippen LogP contribution in [0, 0.1) is 0 Å². The largest absolute Gasteiger partial charge is 0.271 e. The van der Waals surface area contributed by atoms with Crippen molar-refractivity contribution in [1.82, 2.24) is 5.43 Å². The van der Waals surface area contributed by atoms with Crippen LogP contribution in [0.15, 0.2) is 11.6 Å².